The summed E-state index contributed by atoms with van der Waals surface area (Å²) in [5, 5.41) is 10.8. The number of ether oxygens (including phenoxy) is 2. The van der Waals surface area contributed by atoms with Crippen LogP contribution in [0.5, 0.6) is 5.75 Å². The fourth-order valence-corrected chi connectivity index (χ4v) is 2.68. The van der Waals surface area contributed by atoms with E-state index in [0.29, 0.717) is 19.6 Å². The van der Waals surface area contributed by atoms with Crippen molar-refractivity contribution in [2.24, 2.45) is 0 Å². The minimum Gasteiger partial charge on any atom is -0.493 e. The van der Waals surface area contributed by atoms with Crippen molar-refractivity contribution in [3.63, 3.8) is 0 Å². The monoisotopic (exact) mass is 284 g/mol. The first kappa shape index (κ1) is 14.6. The van der Waals surface area contributed by atoms with Crippen LogP contribution in [0.2, 0.25) is 5.02 Å². The molecule has 4 heteroatoms. The number of hydrogen-bond donors (Lipinski definition) is 1. The second kappa shape index (κ2) is 7.13. The number of aliphatic hydroxyl groups is 1. The van der Waals surface area contributed by atoms with E-state index in [2.05, 4.69) is 0 Å². The van der Waals surface area contributed by atoms with Crippen molar-refractivity contribution in [2.45, 2.75) is 38.7 Å². The van der Waals surface area contributed by atoms with E-state index in [1.807, 2.05) is 19.1 Å². The standard InChI is InChI=1S/C15H21ClO3/c1-2-18-6-3-4-14(17)10-12-9-13(16)8-11-5-7-19-15(11)12/h8-9,14,17H,2-7,10H2,1H3. The van der Waals surface area contributed by atoms with Gasteiger partial charge in [0.05, 0.1) is 12.7 Å². The Morgan fingerprint density at radius 2 is 2.32 bits per heavy atom. The molecule has 2 rings (SSSR count). The van der Waals surface area contributed by atoms with E-state index >= 15 is 0 Å². The zero-order valence-corrected chi connectivity index (χ0v) is 12.1. The van der Waals surface area contributed by atoms with Crippen LogP contribution in [0.25, 0.3) is 0 Å². The molecule has 1 aromatic carbocycles. The normalized spacial score (nSPS) is 15.1. The minimum atomic E-state index is -0.368. The van der Waals surface area contributed by atoms with E-state index < -0.39 is 0 Å². The summed E-state index contributed by atoms with van der Waals surface area (Å²) >= 11 is 6.10. The fourth-order valence-electron chi connectivity index (χ4n) is 2.42. The second-order valence-corrected chi connectivity index (χ2v) is 5.29. The zero-order valence-electron chi connectivity index (χ0n) is 11.3. The molecule has 0 aromatic heterocycles. The minimum absolute atomic E-state index is 0.368. The van der Waals surface area contributed by atoms with Crippen LogP contribution in [-0.4, -0.2) is 31.0 Å². The maximum Gasteiger partial charge on any atom is 0.126 e. The van der Waals surface area contributed by atoms with E-state index in [9.17, 15) is 5.11 Å². The van der Waals surface area contributed by atoms with Gasteiger partial charge in [-0.3, -0.25) is 0 Å². The summed E-state index contributed by atoms with van der Waals surface area (Å²) in [5.41, 5.74) is 2.17. The molecule has 1 heterocycles. The Morgan fingerprint density at radius 3 is 3.11 bits per heavy atom. The van der Waals surface area contributed by atoms with Gasteiger partial charge in [-0.2, -0.15) is 0 Å². The molecule has 0 bridgehead atoms. The summed E-state index contributed by atoms with van der Waals surface area (Å²) in [7, 11) is 0. The first-order valence-electron chi connectivity index (χ1n) is 6.90. The molecule has 0 amide bonds. The largest absolute Gasteiger partial charge is 0.493 e. The lowest BCUT2D eigenvalue weighted by atomic mass is 10.0. The molecule has 0 saturated carbocycles. The van der Waals surface area contributed by atoms with Crippen molar-refractivity contribution in [1.29, 1.82) is 0 Å². The van der Waals surface area contributed by atoms with Gasteiger partial charge in [0.1, 0.15) is 5.75 Å². The third-order valence-corrected chi connectivity index (χ3v) is 3.53. The van der Waals surface area contributed by atoms with Crippen molar-refractivity contribution < 1.29 is 14.6 Å². The van der Waals surface area contributed by atoms with Crippen LogP contribution in [0.4, 0.5) is 0 Å². The Balaban J connectivity index is 1.92. The topological polar surface area (TPSA) is 38.7 Å². The number of rotatable bonds is 7. The van der Waals surface area contributed by atoms with Gasteiger partial charge in [-0.15, -0.1) is 0 Å². The first-order valence-corrected chi connectivity index (χ1v) is 7.28. The van der Waals surface area contributed by atoms with Crippen LogP contribution in [-0.2, 0) is 17.6 Å². The number of aliphatic hydroxyl groups excluding tert-OH is 1. The van der Waals surface area contributed by atoms with Crippen LogP contribution in [0, 0.1) is 0 Å². The third kappa shape index (κ3) is 4.10. The summed E-state index contributed by atoms with van der Waals surface area (Å²) in [6.45, 7) is 4.12. The highest BCUT2D eigenvalue weighted by Crippen LogP contribution is 2.33. The summed E-state index contributed by atoms with van der Waals surface area (Å²) in [6, 6.07) is 3.85. The zero-order chi connectivity index (χ0) is 13.7. The third-order valence-electron chi connectivity index (χ3n) is 3.31. The number of fused-ring (bicyclic) bond motifs is 1. The van der Waals surface area contributed by atoms with E-state index in [0.717, 1.165) is 47.8 Å². The van der Waals surface area contributed by atoms with Crippen molar-refractivity contribution in [3.8, 4) is 5.75 Å². The highest BCUT2D eigenvalue weighted by Gasteiger charge is 2.19. The number of hydrogen-bond acceptors (Lipinski definition) is 3. The van der Waals surface area contributed by atoms with Gasteiger partial charge in [-0.1, -0.05) is 11.6 Å². The smallest absolute Gasteiger partial charge is 0.126 e. The lowest BCUT2D eigenvalue weighted by molar-refractivity contribution is 0.114. The van der Waals surface area contributed by atoms with Crippen LogP contribution in [0.15, 0.2) is 12.1 Å². The summed E-state index contributed by atoms with van der Waals surface area (Å²) < 4.78 is 10.9. The number of benzene rings is 1. The van der Waals surface area contributed by atoms with Crippen LogP contribution < -0.4 is 4.74 Å². The Labute approximate surface area is 119 Å². The van der Waals surface area contributed by atoms with E-state index in [-0.39, 0.29) is 6.10 Å². The van der Waals surface area contributed by atoms with Gasteiger partial charge in [0, 0.05) is 31.1 Å². The van der Waals surface area contributed by atoms with Gasteiger partial charge < -0.3 is 14.6 Å². The van der Waals surface area contributed by atoms with Crippen LogP contribution in [0.3, 0.4) is 0 Å². The van der Waals surface area contributed by atoms with E-state index in [1.54, 1.807) is 0 Å². The highest BCUT2D eigenvalue weighted by molar-refractivity contribution is 6.30. The SMILES string of the molecule is CCOCCCC(O)Cc1cc(Cl)cc2c1OCC2. The van der Waals surface area contributed by atoms with Crippen LogP contribution >= 0.6 is 11.6 Å². The van der Waals surface area contributed by atoms with Crippen molar-refractivity contribution in [1.82, 2.24) is 0 Å². The molecule has 1 aromatic rings. The van der Waals surface area contributed by atoms with Crippen molar-refractivity contribution in [3.05, 3.63) is 28.3 Å². The van der Waals surface area contributed by atoms with Crippen molar-refractivity contribution in [2.75, 3.05) is 19.8 Å². The molecule has 0 saturated heterocycles. The van der Waals surface area contributed by atoms with Gasteiger partial charge >= 0.3 is 0 Å². The highest BCUT2D eigenvalue weighted by atomic mass is 35.5. The molecule has 1 unspecified atom stereocenters. The Kier molecular flexibility index (Phi) is 5.49. The average molecular weight is 285 g/mol. The molecule has 1 aliphatic rings. The maximum absolute atomic E-state index is 10.1. The molecule has 106 valence electrons. The predicted molar refractivity (Wildman–Crippen MR) is 76.1 cm³/mol. The molecular weight excluding hydrogens is 264 g/mol. The lowest BCUT2D eigenvalue weighted by Gasteiger charge is -2.14. The molecule has 1 N–H and O–H groups in total. The molecule has 3 nitrogen and oxygen atoms in total. The molecule has 1 aliphatic heterocycles. The average Bonchev–Trinajstić information content (AvgIpc) is 2.82. The molecule has 0 aliphatic carbocycles. The van der Waals surface area contributed by atoms with Gasteiger partial charge in [0.25, 0.3) is 0 Å². The molecule has 1 atom stereocenters. The van der Waals surface area contributed by atoms with E-state index in [4.69, 9.17) is 21.1 Å². The Hall–Kier alpha value is -0.770. The predicted octanol–water partition coefficient (Wildman–Crippen LogP) is 3.00. The van der Waals surface area contributed by atoms with Crippen molar-refractivity contribution >= 4 is 11.6 Å². The molecule has 0 radical (unpaired) electrons. The maximum atomic E-state index is 10.1. The molecular formula is C15H21ClO3. The summed E-state index contributed by atoms with van der Waals surface area (Å²) in [6.07, 6.45) is 2.74. The quantitative estimate of drug-likeness (QED) is 0.782. The molecule has 0 spiro atoms. The Morgan fingerprint density at radius 1 is 1.47 bits per heavy atom. The summed E-state index contributed by atoms with van der Waals surface area (Å²) in [4.78, 5) is 0. The lowest BCUT2D eigenvalue weighted by Crippen LogP contribution is -2.12. The van der Waals surface area contributed by atoms with Crippen LogP contribution in [0.1, 0.15) is 30.9 Å². The summed E-state index contributed by atoms with van der Waals surface area (Å²) in [5.74, 6) is 0.924. The Bertz CT molecular complexity index is 420. The molecule has 19 heavy (non-hydrogen) atoms. The van der Waals surface area contributed by atoms with Gasteiger partial charge in [0.15, 0.2) is 0 Å². The first-order chi connectivity index (χ1) is 9.20. The molecule has 0 fully saturated rings. The van der Waals surface area contributed by atoms with E-state index in [1.165, 1.54) is 0 Å². The second-order valence-electron chi connectivity index (χ2n) is 4.85. The van der Waals surface area contributed by atoms with Gasteiger partial charge in [-0.05, 0) is 43.0 Å². The fraction of sp³-hybridized carbons (Fsp3) is 0.600. The number of halogens is 1. The van der Waals surface area contributed by atoms with Gasteiger partial charge in [-0.25, -0.2) is 0 Å². The van der Waals surface area contributed by atoms with Gasteiger partial charge in [0.2, 0.25) is 0 Å².